The van der Waals surface area contributed by atoms with E-state index in [0.29, 0.717) is 0 Å². The van der Waals surface area contributed by atoms with Crippen molar-refractivity contribution < 1.29 is 4.74 Å². The highest BCUT2D eigenvalue weighted by Gasteiger charge is 2.16. The van der Waals surface area contributed by atoms with Crippen LogP contribution in [0.2, 0.25) is 0 Å². The van der Waals surface area contributed by atoms with Crippen LogP contribution in [0.15, 0.2) is 24.3 Å². The zero-order valence-corrected chi connectivity index (χ0v) is 11.3. The van der Waals surface area contributed by atoms with Gasteiger partial charge in [-0.2, -0.15) is 0 Å². The van der Waals surface area contributed by atoms with Gasteiger partial charge in [-0.25, -0.2) is 0 Å². The van der Waals surface area contributed by atoms with Crippen LogP contribution >= 0.6 is 0 Å². The highest BCUT2D eigenvalue weighted by molar-refractivity contribution is 5.35. The molecule has 1 unspecified atom stereocenters. The first kappa shape index (κ1) is 13.4. The Kier molecular flexibility index (Phi) is 5.02. The van der Waals surface area contributed by atoms with Crippen molar-refractivity contribution in [3.63, 3.8) is 0 Å². The maximum absolute atomic E-state index is 6.33. The molecule has 0 radical (unpaired) electrons. The number of hydrogen-bond donors (Lipinski definition) is 1. The second kappa shape index (κ2) is 6.76. The molecule has 3 heteroatoms. The summed E-state index contributed by atoms with van der Waals surface area (Å²) in [4.78, 5) is 2.49. The number of rotatable bonds is 4. The molecule has 1 aromatic carbocycles. The average molecular weight is 248 g/mol. The monoisotopic (exact) mass is 248 g/mol. The first-order chi connectivity index (χ1) is 8.81. The van der Waals surface area contributed by atoms with Gasteiger partial charge in [0.15, 0.2) is 0 Å². The Morgan fingerprint density at radius 3 is 2.50 bits per heavy atom. The predicted molar refractivity (Wildman–Crippen MR) is 74.8 cm³/mol. The van der Waals surface area contributed by atoms with Crippen molar-refractivity contribution in [1.82, 2.24) is 4.90 Å². The molecular formula is C15H24N2O. The van der Waals surface area contributed by atoms with Crippen LogP contribution in [-0.2, 0) is 0 Å². The summed E-state index contributed by atoms with van der Waals surface area (Å²) in [5.41, 5.74) is 7.45. The average Bonchev–Trinajstić information content (AvgIpc) is 2.67. The van der Waals surface area contributed by atoms with E-state index in [-0.39, 0.29) is 6.04 Å². The summed E-state index contributed by atoms with van der Waals surface area (Å²) in [7, 11) is 1.71. The molecule has 1 aromatic rings. The van der Waals surface area contributed by atoms with Crippen LogP contribution in [0.3, 0.4) is 0 Å². The molecule has 1 heterocycles. The largest absolute Gasteiger partial charge is 0.496 e. The maximum atomic E-state index is 6.33. The lowest BCUT2D eigenvalue weighted by molar-refractivity contribution is 0.265. The number of ether oxygens (including phenoxy) is 1. The van der Waals surface area contributed by atoms with E-state index in [1.54, 1.807) is 7.11 Å². The van der Waals surface area contributed by atoms with Gasteiger partial charge in [0.2, 0.25) is 0 Å². The molecule has 2 N–H and O–H groups in total. The quantitative estimate of drug-likeness (QED) is 0.890. The highest BCUT2D eigenvalue weighted by Crippen LogP contribution is 2.24. The van der Waals surface area contributed by atoms with E-state index in [4.69, 9.17) is 10.5 Å². The van der Waals surface area contributed by atoms with Crippen LogP contribution in [0.1, 0.15) is 37.3 Å². The molecule has 1 atom stereocenters. The van der Waals surface area contributed by atoms with E-state index in [0.717, 1.165) is 17.9 Å². The Labute approximate surface area is 110 Å². The van der Waals surface area contributed by atoms with E-state index in [2.05, 4.69) is 11.0 Å². The van der Waals surface area contributed by atoms with Crippen LogP contribution in [0.5, 0.6) is 5.75 Å². The van der Waals surface area contributed by atoms with Gasteiger partial charge >= 0.3 is 0 Å². The second-order valence-corrected chi connectivity index (χ2v) is 5.06. The summed E-state index contributed by atoms with van der Waals surface area (Å²) in [5.74, 6) is 0.903. The molecule has 0 aliphatic carbocycles. The molecule has 1 aliphatic rings. The maximum Gasteiger partial charge on any atom is 0.123 e. The molecule has 18 heavy (non-hydrogen) atoms. The van der Waals surface area contributed by atoms with Crippen molar-refractivity contribution in [2.45, 2.75) is 31.7 Å². The number of methoxy groups -OCH3 is 1. The zero-order chi connectivity index (χ0) is 12.8. The first-order valence-corrected chi connectivity index (χ1v) is 6.92. The fraction of sp³-hybridized carbons (Fsp3) is 0.600. The zero-order valence-electron chi connectivity index (χ0n) is 11.3. The SMILES string of the molecule is COc1ccccc1C(N)CN1CCCCCC1. The molecule has 1 fully saturated rings. The first-order valence-electron chi connectivity index (χ1n) is 6.92. The molecular weight excluding hydrogens is 224 g/mol. The number of nitrogens with two attached hydrogens (primary N) is 1. The normalized spacial score (nSPS) is 19.2. The molecule has 0 spiro atoms. The summed E-state index contributed by atoms with van der Waals surface area (Å²) >= 11 is 0. The van der Waals surface area contributed by atoms with Crippen molar-refractivity contribution >= 4 is 0 Å². The van der Waals surface area contributed by atoms with Gasteiger partial charge in [0.1, 0.15) is 5.75 Å². The van der Waals surface area contributed by atoms with Crippen molar-refractivity contribution in [2.24, 2.45) is 5.73 Å². The fourth-order valence-electron chi connectivity index (χ4n) is 2.67. The Morgan fingerprint density at radius 1 is 1.17 bits per heavy atom. The van der Waals surface area contributed by atoms with E-state index in [1.807, 2.05) is 18.2 Å². The summed E-state index contributed by atoms with van der Waals surface area (Å²) in [6, 6.07) is 8.11. The van der Waals surface area contributed by atoms with E-state index >= 15 is 0 Å². The molecule has 3 nitrogen and oxygen atoms in total. The lowest BCUT2D eigenvalue weighted by atomic mass is 10.1. The third-order valence-electron chi connectivity index (χ3n) is 3.69. The van der Waals surface area contributed by atoms with Crippen molar-refractivity contribution in [2.75, 3.05) is 26.7 Å². The fourth-order valence-corrected chi connectivity index (χ4v) is 2.67. The van der Waals surface area contributed by atoms with Crippen LogP contribution in [0.25, 0.3) is 0 Å². The van der Waals surface area contributed by atoms with Gasteiger partial charge in [-0.05, 0) is 32.0 Å². The molecule has 100 valence electrons. The van der Waals surface area contributed by atoms with Crippen LogP contribution < -0.4 is 10.5 Å². The Hall–Kier alpha value is -1.06. The van der Waals surface area contributed by atoms with Gasteiger partial charge in [-0.3, -0.25) is 0 Å². The van der Waals surface area contributed by atoms with Crippen LogP contribution in [0.4, 0.5) is 0 Å². The molecule has 1 aliphatic heterocycles. The smallest absolute Gasteiger partial charge is 0.123 e. The standard InChI is InChI=1S/C15H24N2O/c1-18-15-9-5-4-8-13(15)14(16)12-17-10-6-2-3-7-11-17/h4-5,8-9,14H,2-3,6-7,10-12,16H2,1H3. The van der Waals surface area contributed by atoms with E-state index in [1.165, 1.54) is 38.8 Å². The Balaban J connectivity index is 1.99. The summed E-state index contributed by atoms with van der Waals surface area (Å²) in [6.45, 7) is 3.30. The van der Waals surface area contributed by atoms with Gasteiger partial charge < -0.3 is 15.4 Å². The second-order valence-electron chi connectivity index (χ2n) is 5.06. The molecule has 0 bridgehead atoms. The third-order valence-corrected chi connectivity index (χ3v) is 3.69. The van der Waals surface area contributed by atoms with Gasteiger partial charge in [0.25, 0.3) is 0 Å². The lowest BCUT2D eigenvalue weighted by Gasteiger charge is -2.25. The number of hydrogen-bond acceptors (Lipinski definition) is 3. The summed E-state index contributed by atoms with van der Waals surface area (Å²) in [6.07, 6.45) is 5.33. The van der Waals surface area contributed by atoms with Crippen LogP contribution in [-0.4, -0.2) is 31.6 Å². The molecule has 0 saturated carbocycles. The number of likely N-dealkylation sites (tertiary alicyclic amines) is 1. The molecule has 1 saturated heterocycles. The molecule has 0 aromatic heterocycles. The Morgan fingerprint density at radius 2 is 1.83 bits per heavy atom. The predicted octanol–water partition coefficient (Wildman–Crippen LogP) is 2.57. The van der Waals surface area contributed by atoms with E-state index < -0.39 is 0 Å². The Bertz CT molecular complexity index is 359. The number of nitrogens with zero attached hydrogens (tertiary/aromatic N) is 1. The number of para-hydroxylation sites is 1. The highest BCUT2D eigenvalue weighted by atomic mass is 16.5. The minimum atomic E-state index is 0.0410. The van der Waals surface area contributed by atoms with Crippen LogP contribution in [0, 0.1) is 0 Å². The van der Waals surface area contributed by atoms with Gasteiger partial charge in [-0.15, -0.1) is 0 Å². The van der Waals surface area contributed by atoms with Crippen molar-refractivity contribution in [3.05, 3.63) is 29.8 Å². The van der Waals surface area contributed by atoms with E-state index in [9.17, 15) is 0 Å². The third kappa shape index (κ3) is 3.47. The lowest BCUT2D eigenvalue weighted by Crippen LogP contribution is -2.33. The minimum absolute atomic E-state index is 0.0410. The molecule has 2 rings (SSSR count). The van der Waals surface area contributed by atoms with Crippen molar-refractivity contribution in [1.29, 1.82) is 0 Å². The van der Waals surface area contributed by atoms with Gasteiger partial charge in [-0.1, -0.05) is 31.0 Å². The van der Waals surface area contributed by atoms with Gasteiger partial charge in [0, 0.05) is 18.2 Å². The topological polar surface area (TPSA) is 38.5 Å². The minimum Gasteiger partial charge on any atom is -0.496 e. The van der Waals surface area contributed by atoms with Gasteiger partial charge in [0.05, 0.1) is 7.11 Å². The molecule has 0 amide bonds. The van der Waals surface area contributed by atoms with Crippen molar-refractivity contribution in [3.8, 4) is 5.75 Å². The summed E-state index contributed by atoms with van der Waals surface area (Å²) < 4.78 is 5.38. The number of benzene rings is 1. The summed E-state index contributed by atoms with van der Waals surface area (Å²) in [5, 5.41) is 0.